The molecule has 0 spiro atoms. The van der Waals surface area contributed by atoms with Crippen molar-refractivity contribution < 1.29 is 27.1 Å². The first kappa shape index (κ1) is 20.7. The van der Waals surface area contributed by atoms with E-state index in [1.54, 1.807) is 55.5 Å². The molecule has 1 aliphatic rings. The van der Waals surface area contributed by atoms with E-state index in [-0.39, 0.29) is 30.5 Å². The summed E-state index contributed by atoms with van der Waals surface area (Å²) in [6, 6.07) is 15.2. The van der Waals surface area contributed by atoms with Gasteiger partial charge < -0.3 is 13.9 Å². The summed E-state index contributed by atoms with van der Waals surface area (Å²) in [4.78, 5) is 23.8. The van der Waals surface area contributed by atoms with E-state index in [2.05, 4.69) is 10.2 Å². The molecule has 1 aliphatic heterocycles. The molecule has 0 radical (unpaired) electrons. The number of sulfonamides is 1. The Morgan fingerprint density at radius 1 is 1.23 bits per heavy atom. The maximum Gasteiger partial charge on any atom is 0.445 e. The highest BCUT2D eigenvalue weighted by Gasteiger charge is 2.41. The van der Waals surface area contributed by atoms with Gasteiger partial charge in [-0.1, -0.05) is 42.5 Å². The Labute approximate surface area is 177 Å². The van der Waals surface area contributed by atoms with Crippen LogP contribution in [0.1, 0.15) is 24.3 Å². The van der Waals surface area contributed by atoms with Gasteiger partial charge in [0.2, 0.25) is 5.89 Å². The Morgan fingerprint density at radius 2 is 1.94 bits per heavy atom. The molecule has 0 aliphatic carbocycles. The van der Waals surface area contributed by atoms with Crippen LogP contribution in [0, 0.1) is 0 Å². The highest BCUT2D eigenvalue weighted by molar-refractivity contribution is 8.06. The van der Waals surface area contributed by atoms with Crippen molar-refractivity contribution in [1.29, 1.82) is 0 Å². The molecule has 2 heterocycles. The first-order chi connectivity index (χ1) is 14.9. The molecule has 162 valence electrons. The monoisotopic (exact) mass is 445 g/mol. The van der Waals surface area contributed by atoms with E-state index in [1.807, 2.05) is 0 Å². The highest BCUT2D eigenvalue weighted by Crippen LogP contribution is 2.38. The predicted octanol–water partition coefficient (Wildman–Crippen LogP) is 2.40. The van der Waals surface area contributed by atoms with E-state index in [1.165, 1.54) is 6.07 Å². The van der Waals surface area contributed by atoms with Crippen LogP contribution in [0.15, 0.2) is 63.8 Å². The van der Waals surface area contributed by atoms with Crippen LogP contribution < -0.4 is 14.8 Å². The molecule has 2 atom stereocenters. The fourth-order valence-corrected chi connectivity index (χ4v) is 4.33. The lowest BCUT2D eigenvalue weighted by molar-refractivity contribution is 0.158. The number of rotatable bonds is 5. The lowest BCUT2D eigenvalue weighted by atomic mass is 10.0. The van der Waals surface area contributed by atoms with Crippen molar-refractivity contribution in [3.63, 3.8) is 0 Å². The zero-order valence-electron chi connectivity index (χ0n) is 16.4. The SMILES string of the molecule is C[C@@H](c1n[nH]c(=O)o1)[C@H]1CN(S(=O)(=O)C(=O)OCc2ccccc2)c2ccccc2O1. The Hall–Kier alpha value is -3.60. The van der Waals surface area contributed by atoms with E-state index in [0.29, 0.717) is 5.56 Å². The lowest BCUT2D eigenvalue weighted by Crippen LogP contribution is -2.47. The molecular weight excluding hydrogens is 426 g/mol. The quantitative estimate of drug-likeness (QED) is 0.592. The minimum Gasteiger partial charge on any atom is -0.486 e. The second-order valence-electron chi connectivity index (χ2n) is 6.92. The number of benzene rings is 2. The molecule has 1 N–H and O–H groups in total. The number of para-hydroxylation sites is 2. The average molecular weight is 445 g/mol. The molecule has 4 rings (SSSR count). The maximum atomic E-state index is 13.1. The Balaban J connectivity index is 1.60. The fraction of sp³-hybridized carbons (Fsp3) is 0.250. The fourth-order valence-electron chi connectivity index (χ4n) is 3.19. The van der Waals surface area contributed by atoms with Gasteiger partial charge >= 0.3 is 21.1 Å². The third-order valence-electron chi connectivity index (χ3n) is 4.86. The number of aromatic nitrogens is 2. The van der Waals surface area contributed by atoms with Crippen molar-refractivity contribution in [2.45, 2.75) is 25.6 Å². The number of fused-ring (bicyclic) bond motifs is 1. The Morgan fingerprint density at radius 3 is 2.65 bits per heavy atom. The minimum atomic E-state index is -4.52. The summed E-state index contributed by atoms with van der Waals surface area (Å²) in [5, 5.41) is 4.58. The van der Waals surface area contributed by atoms with Crippen LogP contribution in [-0.4, -0.2) is 36.6 Å². The van der Waals surface area contributed by atoms with Gasteiger partial charge in [-0.05, 0) is 24.6 Å². The third kappa shape index (κ3) is 4.17. The summed E-state index contributed by atoms with van der Waals surface area (Å²) in [5.41, 5.74) is 0.875. The van der Waals surface area contributed by atoms with Crippen LogP contribution in [0.2, 0.25) is 0 Å². The topological polar surface area (TPSA) is 132 Å². The summed E-state index contributed by atoms with van der Waals surface area (Å²) in [6.45, 7) is 1.30. The predicted molar refractivity (Wildman–Crippen MR) is 109 cm³/mol. The van der Waals surface area contributed by atoms with Crippen molar-refractivity contribution in [3.8, 4) is 5.75 Å². The second kappa shape index (κ2) is 8.26. The third-order valence-corrected chi connectivity index (χ3v) is 6.33. The van der Waals surface area contributed by atoms with E-state index < -0.39 is 33.1 Å². The van der Waals surface area contributed by atoms with Gasteiger partial charge in [0.25, 0.3) is 0 Å². The van der Waals surface area contributed by atoms with E-state index in [4.69, 9.17) is 13.9 Å². The van der Waals surface area contributed by atoms with Gasteiger partial charge in [0.1, 0.15) is 18.5 Å². The van der Waals surface area contributed by atoms with Gasteiger partial charge in [-0.25, -0.2) is 14.7 Å². The van der Waals surface area contributed by atoms with E-state index >= 15 is 0 Å². The zero-order valence-corrected chi connectivity index (χ0v) is 17.2. The van der Waals surface area contributed by atoms with Gasteiger partial charge in [0.15, 0.2) is 0 Å². The zero-order chi connectivity index (χ0) is 22.0. The van der Waals surface area contributed by atoms with E-state index in [0.717, 1.165) is 4.31 Å². The lowest BCUT2D eigenvalue weighted by Gasteiger charge is -2.36. The van der Waals surface area contributed by atoms with Crippen LogP contribution in [0.25, 0.3) is 0 Å². The molecule has 0 amide bonds. The minimum absolute atomic E-state index is 0.0679. The van der Waals surface area contributed by atoms with Crippen molar-refractivity contribution in [3.05, 3.63) is 76.6 Å². The van der Waals surface area contributed by atoms with Crippen LogP contribution in [0.5, 0.6) is 5.75 Å². The molecule has 0 saturated carbocycles. The van der Waals surface area contributed by atoms with Crippen molar-refractivity contribution in [1.82, 2.24) is 10.2 Å². The molecule has 0 unspecified atom stereocenters. The van der Waals surface area contributed by atoms with E-state index in [9.17, 15) is 18.0 Å². The van der Waals surface area contributed by atoms with Gasteiger partial charge in [-0.3, -0.25) is 4.31 Å². The number of aromatic amines is 1. The van der Waals surface area contributed by atoms with Gasteiger partial charge in [-0.2, -0.15) is 8.42 Å². The first-order valence-electron chi connectivity index (χ1n) is 9.41. The van der Waals surface area contributed by atoms with Crippen LogP contribution in [0.4, 0.5) is 10.5 Å². The maximum absolute atomic E-state index is 13.1. The molecule has 31 heavy (non-hydrogen) atoms. The van der Waals surface area contributed by atoms with Crippen molar-refractivity contribution >= 4 is 21.0 Å². The van der Waals surface area contributed by atoms with Gasteiger partial charge in [0.05, 0.1) is 18.2 Å². The normalized spacial score (nSPS) is 16.8. The number of hydrogen-bond donors (Lipinski definition) is 1. The smallest absolute Gasteiger partial charge is 0.445 e. The number of hydrogen-bond acceptors (Lipinski definition) is 8. The van der Waals surface area contributed by atoms with Crippen LogP contribution in [0.3, 0.4) is 0 Å². The number of carbonyl (C=O) groups excluding carboxylic acids is 1. The molecule has 0 bridgehead atoms. The largest absolute Gasteiger partial charge is 0.486 e. The summed E-state index contributed by atoms with van der Waals surface area (Å²) >= 11 is 0. The van der Waals surface area contributed by atoms with Crippen molar-refractivity contribution in [2.24, 2.45) is 0 Å². The molecule has 10 nitrogen and oxygen atoms in total. The number of ether oxygens (including phenoxy) is 2. The summed E-state index contributed by atoms with van der Waals surface area (Å²) in [7, 11) is -4.52. The molecule has 3 aromatic rings. The number of H-pyrrole nitrogens is 1. The first-order valence-corrected chi connectivity index (χ1v) is 10.8. The molecule has 1 aromatic heterocycles. The average Bonchev–Trinajstić information content (AvgIpc) is 3.23. The molecule has 0 saturated heterocycles. The molecule has 11 heteroatoms. The van der Waals surface area contributed by atoms with Crippen LogP contribution >= 0.6 is 0 Å². The number of anilines is 1. The van der Waals surface area contributed by atoms with Crippen LogP contribution in [-0.2, 0) is 21.4 Å². The molecular formula is C20H19N3O7S. The second-order valence-corrected chi connectivity index (χ2v) is 8.65. The van der Waals surface area contributed by atoms with Gasteiger partial charge in [0, 0.05) is 0 Å². The van der Waals surface area contributed by atoms with Crippen molar-refractivity contribution in [2.75, 3.05) is 10.8 Å². The Bertz CT molecular complexity index is 1240. The standard InChI is InChI=1S/C20H19N3O7S/c1-13(18-21-22-19(24)30-18)17-11-23(15-9-5-6-10-16(15)29-17)31(26,27)20(25)28-12-14-7-3-2-4-8-14/h2-10,13,17H,11-12H2,1H3,(H,22,24)/t13-,17-/m1/s1. The molecule has 2 aromatic carbocycles. The summed E-state index contributed by atoms with van der Waals surface area (Å²) in [6.07, 6.45) is -0.766. The number of carbonyl (C=O) groups is 1. The number of nitrogens with one attached hydrogen (secondary N) is 1. The number of nitrogens with zero attached hydrogens (tertiary/aromatic N) is 2. The molecule has 0 fully saturated rings. The summed E-state index contributed by atoms with van der Waals surface area (Å²) in [5.74, 6) is -0.973. The summed E-state index contributed by atoms with van der Waals surface area (Å²) < 4.78 is 43.1. The van der Waals surface area contributed by atoms with Gasteiger partial charge in [-0.15, -0.1) is 5.10 Å². The highest BCUT2D eigenvalue weighted by atomic mass is 32.2. The Kier molecular flexibility index (Phi) is 5.51.